The number of nitrogens with zero attached hydrogens (tertiary/aromatic N) is 2. The number of likely N-dealkylation sites (tertiary alicyclic amines) is 2. The summed E-state index contributed by atoms with van der Waals surface area (Å²) in [7, 11) is 0. The molecule has 0 saturated carbocycles. The molecule has 0 radical (unpaired) electrons. The van der Waals surface area contributed by atoms with Crippen LogP contribution < -0.4 is 0 Å². The van der Waals surface area contributed by atoms with E-state index in [9.17, 15) is 14.4 Å². The lowest BCUT2D eigenvalue weighted by Gasteiger charge is -2.38. The van der Waals surface area contributed by atoms with Crippen LogP contribution in [0.4, 0.5) is 4.79 Å². The Morgan fingerprint density at radius 1 is 1.28 bits per heavy atom. The number of ether oxygens (including phenoxy) is 1. The van der Waals surface area contributed by atoms with Crippen molar-refractivity contribution in [1.29, 1.82) is 0 Å². The first-order chi connectivity index (χ1) is 11.7. The monoisotopic (exact) mass is 370 g/mol. The molecular formula is C18H30N2O4S. The fourth-order valence-electron chi connectivity index (χ4n) is 3.38. The molecule has 142 valence electrons. The Labute approximate surface area is 154 Å². The second-order valence-electron chi connectivity index (χ2n) is 7.99. The molecule has 2 aliphatic heterocycles. The minimum Gasteiger partial charge on any atom is -0.444 e. The van der Waals surface area contributed by atoms with Gasteiger partial charge < -0.3 is 14.5 Å². The molecule has 0 spiro atoms. The number of carbonyl (C=O) groups excluding carboxylic acids is 3. The van der Waals surface area contributed by atoms with E-state index < -0.39 is 5.60 Å². The summed E-state index contributed by atoms with van der Waals surface area (Å²) < 4.78 is 5.53. The first-order valence-electron chi connectivity index (χ1n) is 9.06. The van der Waals surface area contributed by atoms with Crippen molar-refractivity contribution in [2.75, 3.05) is 25.4 Å². The van der Waals surface area contributed by atoms with Gasteiger partial charge in [0.2, 0.25) is 5.91 Å². The summed E-state index contributed by atoms with van der Waals surface area (Å²) in [6.07, 6.45) is 3.15. The quantitative estimate of drug-likeness (QED) is 0.761. The zero-order valence-electron chi connectivity index (χ0n) is 15.7. The molecule has 2 saturated heterocycles. The summed E-state index contributed by atoms with van der Waals surface area (Å²) >= 11 is 1.29. The molecule has 0 bridgehead atoms. The van der Waals surface area contributed by atoms with Crippen LogP contribution in [0.1, 0.15) is 53.4 Å². The molecule has 0 aromatic heterocycles. The summed E-state index contributed by atoms with van der Waals surface area (Å²) in [5, 5.41) is 0.0919. The van der Waals surface area contributed by atoms with E-state index in [1.165, 1.54) is 11.8 Å². The summed E-state index contributed by atoms with van der Waals surface area (Å²) in [4.78, 5) is 39.6. The first-order valence-corrected chi connectivity index (χ1v) is 10.0. The second-order valence-corrected chi connectivity index (χ2v) is 9.19. The topological polar surface area (TPSA) is 66.9 Å². The summed E-state index contributed by atoms with van der Waals surface area (Å²) in [6.45, 7) is 9.09. The Morgan fingerprint density at radius 3 is 2.64 bits per heavy atom. The van der Waals surface area contributed by atoms with Crippen molar-refractivity contribution in [1.82, 2.24) is 9.80 Å². The molecule has 2 atom stereocenters. The molecule has 2 amide bonds. The standard InChI is InChI=1S/C18H30N2O4S/c1-13(21)25-12-14-9-16(22)19(10-14)11-15-7-5-6-8-20(15)17(23)24-18(2,3)4/h14-15H,5-12H2,1-4H3. The Balaban J connectivity index is 1.93. The van der Waals surface area contributed by atoms with E-state index in [4.69, 9.17) is 4.74 Å². The van der Waals surface area contributed by atoms with E-state index in [-0.39, 0.29) is 29.1 Å². The van der Waals surface area contributed by atoms with E-state index in [0.29, 0.717) is 31.8 Å². The van der Waals surface area contributed by atoms with Crippen LogP contribution in [0.15, 0.2) is 0 Å². The Kier molecular flexibility index (Phi) is 6.77. The number of piperidine rings is 1. The zero-order valence-corrected chi connectivity index (χ0v) is 16.6. The minimum atomic E-state index is -0.516. The number of thioether (sulfide) groups is 1. The molecule has 2 heterocycles. The molecule has 2 aliphatic rings. The highest BCUT2D eigenvalue weighted by molar-refractivity contribution is 8.13. The van der Waals surface area contributed by atoms with Gasteiger partial charge in [0.25, 0.3) is 0 Å². The van der Waals surface area contributed by atoms with Crippen molar-refractivity contribution in [2.45, 2.75) is 65.0 Å². The van der Waals surface area contributed by atoms with Crippen LogP contribution in [0.5, 0.6) is 0 Å². The molecule has 7 heteroatoms. The van der Waals surface area contributed by atoms with Crippen molar-refractivity contribution in [3.8, 4) is 0 Å². The van der Waals surface area contributed by atoms with Gasteiger partial charge in [0.1, 0.15) is 5.60 Å². The largest absolute Gasteiger partial charge is 0.444 e. The van der Waals surface area contributed by atoms with Gasteiger partial charge in [-0.3, -0.25) is 9.59 Å². The molecule has 0 aromatic rings. The highest BCUT2D eigenvalue weighted by Crippen LogP contribution is 2.26. The van der Waals surface area contributed by atoms with Crippen molar-refractivity contribution in [3.63, 3.8) is 0 Å². The van der Waals surface area contributed by atoms with Crippen LogP contribution in [0.3, 0.4) is 0 Å². The highest BCUT2D eigenvalue weighted by Gasteiger charge is 2.36. The van der Waals surface area contributed by atoms with Crippen molar-refractivity contribution >= 4 is 28.9 Å². The van der Waals surface area contributed by atoms with Gasteiger partial charge in [0, 0.05) is 38.7 Å². The molecule has 2 fully saturated rings. The fourth-order valence-corrected chi connectivity index (χ4v) is 4.08. The van der Waals surface area contributed by atoms with Crippen LogP contribution in [0.2, 0.25) is 0 Å². The molecule has 2 rings (SSSR count). The van der Waals surface area contributed by atoms with Crippen LogP contribution >= 0.6 is 11.8 Å². The third kappa shape index (κ3) is 6.20. The summed E-state index contributed by atoms with van der Waals surface area (Å²) in [6, 6.07) is 0.0201. The van der Waals surface area contributed by atoms with Crippen LogP contribution in [0.25, 0.3) is 0 Å². The number of hydrogen-bond donors (Lipinski definition) is 0. The third-order valence-electron chi connectivity index (χ3n) is 4.50. The van der Waals surface area contributed by atoms with Crippen LogP contribution in [-0.4, -0.2) is 63.9 Å². The normalized spacial score (nSPS) is 24.6. The Morgan fingerprint density at radius 2 is 2.00 bits per heavy atom. The predicted molar refractivity (Wildman–Crippen MR) is 98.4 cm³/mol. The van der Waals surface area contributed by atoms with E-state index in [2.05, 4.69) is 0 Å². The smallest absolute Gasteiger partial charge is 0.410 e. The average molecular weight is 371 g/mol. The number of hydrogen-bond acceptors (Lipinski definition) is 5. The minimum absolute atomic E-state index is 0.0201. The molecule has 6 nitrogen and oxygen atoms in total. The number of carbonyl (C=O) groups is 3. The zero-order chi connectivity index (χ0) is 18.6. The van der Waals surface area contributed by atoms with E-state index in [1.807, 2.05) is 25.7 Å². The SMILES string of the molecule is CC(=O)SCC1CC(=O)N(CC2CCCCN2C(=O)OC(C)(C)C)C1. The lowest BCUT2D eigenvalue weighted by molar-refractivity contribution is -0.128. The van der Waals surface area contributed by atoms with E-state index >= 15 is 0 Å². The van der Waals surface area contributed by atoms with Gasteiger partial charge in [-0.2, -0.15) is 0 Å². The Hall–Kier alpha value is -1.24. The van der Waals surface area contributed by atoms with Gasteiger partial charge in [-0.05, 0) is 46.0 Å². The third-order valence-corrected chi connectivity index (χ3v) is 5.55. The maximum Gasteiger partial charge on any atom is 0.410 e. The van der Waals surface area contributed by atoms with Crippen LogP contribution in [-0.2, 0) is 14.3 Å². The van der Waals surface area contributed by atoms with Gasteiger partial charge in [0.05, 0.1) is 6.04 Å². The second kappa shape index (κ2) is 8.43. The summed E-state index contributed by atoms with van der Waals surface area (Å²) in [5.74, 6) is 1.04. The molecule has 0 aliphatic carbocycles. The Bertz CT molecular complexity index is 518. The maximum atomic E-state index is 12.5. The first kappa shape index (κ1) is 20.1. The fraction of sp³-hybridized carbons (Fsp3) is 0.833. The van der Waals surface area contributed by atoms with Gasteiger partial charge in [-0.25, -0.2) is 4.79 Å². The van der Waals surface area contributed by atoms with Gasteiger partial charge >= 0.3 is 6.09 Å². The molecular weight excluding hydrogens is 340 g/mol. The lowest BCUT2D eigenvalue weighted by Crippen LogP contribution is -2.51. The van der Waals surface area contributed by atoms with Gasteiger partial charge in [0.15, 0.2) is 5.12 Å². The van der Waals surface area contributed by atoms with Crippen molar-refractivity contribution in [3.05, 3.63) is 0 Å². The average Bonchev–Trinajstić information content (AvgIpc) is 2.84. The number of amides is 2. The van der Waals surface area contributed by atoms with E-state index in [1.54, 1.807) is 11.8 Å². The molecule has 25 heavy (non-hydrogen) atoms. The van der Waals surface area contributed by atoms with Crippen LogP contribution in [0, 0.1) is 5.92 Å². The molecule has 0 aromatic carbocycles. The predicted octanol–water partition coefficient (Wildman–Crippen LogP) is 2.90. The van der Waals surface area contributed by atoms with E-state index in [0.717, 1.165) is 19.3 Å². The number of rotatable bonds is 4. The summed E-state index contributed by atoms with van der Waals surface area (Å²) in [5.41, 5.74) is -0.516. The molecule has 0 N–H and O–H groups in total. The van der Waals surface area contributed by atoms with Crippen molar-refractivity contribution < 1.29 is 19.1 Å². The molecule has 2 unspecified atom stereocenters. The van der Waals surface area contributed by atoms with Gasteiger partial charge in [-0.15, -0.1) is 0 Å². The highest BCUT2D eigenvalue weighted by atomic mass is 32.2. The van der Waals surface area contributed by atoms with Gasteiger partial charge in [-0.1, -0.05) is 11.8 Å². The van der Waals surface area contributed by atoms with Crippen molar-refractivity contribution in [2.24, 2.45) is 5.92 Å². The lowest BCUT2D eigenvalue weighted by atomic mass is 10.0. The maximum absolute atomic E-state index is 12.5.